The van der Waals surface area contributed by atoms with E-state index in [-0.39, 0.29) is 19.4 Å². The minimum atomic E-state index is -1.64. The molecule has 1 amide bonds. The average Bonchev–Trinajstić information content (AvgIpc) is 3.58. The standard InChI is InChI=1S/C72H125NO10/c1-4-7-10-13-16-19-22-25-27-29-30-31-32-33-34-35-37-38-41-44-47-50-53-56-59-65(76)71(80)73-63(64(75)58-55-52-49-46-43-40-24-21-18-15-12-9-6-3)62-81-72-70(69(79)68(78)66(61-74)82-72)83-67(77)60-57-54-51-48-45-42-39-36-28-26-23-20-17-14-11-8-5-2/h8,11,16-17,19-20,25-28,39,42,48,51,55,58,63-66,68-70,72,74-76,78-79H,4-7,9-10,12-15,18,21-24,29-38,40-41,43-47,49-50,52-54,56-57,59-62H2,1-3H3,(H,73,80)/b11-8-,19-16-,20-17-,27-25-,28-26-,42-39-,51-48-,58-55+. The van der Waals surface area contributed by atoms with Gasteiger partial charge in [0, 0.05) is 6.42 Å². The van der Waals surface area contributed by atoms with Crippen LogP contribution >= 0.6 is 0 Å². The van der Waals surface area contributed by atoms with Gasteiger partial charge in [-0.15, -0.1) is 0 Å². The third kappa shape index (κ3) is 46.5. The molecule has 0 aromatic heterocycles. The van der Waals surface area contributed by atoms with Gasteiger partial charge in [-0.25, -0.2) is 0 Å². The van der Waals surface area contributed by atoms with Gasteiger partial charge in [0.05, 0.1) is 25.4 Å². The molecule has 11 heteroatoms. The second kappa shape index (κ2) is 58.9. The summed E-state index contributed by atoms with van der Waals surface area (Å²) in [5.41, 5.74) is 0. The van der Waals surface area contributed by atoms with Crippen LogP contribution in [-0.2, 0) is 23.8 Å². The molecule has 1 heterocycles. The van der Waals surface area contributed by atoms with Crippen LogP contribution in [-0.4, -0.2) is 99.6 Å². The van der Waals surface area contributed by atoms with Gasteiger partial charge in [0.15, 0.2) is 12.4 Å². The number of ether oxygens (including phenoxy) is 3. The van der Waals surface area contributed by atoms with Gasteiger partial charge in [0.2, 0.25) is 5.91 Å². The Morgan fingerprint density at radius 3 is 1.33 bits per heavy atom. The first kappa shape index (κ1) is 77.6. The highest BCUT2D eigenvalue weighted by atomic mass is 16.7. The summed E-state index contributed by atoms with van der Waals surface area (Å²) in [7, 11) is 0. The molecule has 0 aromatic rings. The lowest BCUT2D eigenvalue weighted by Crippen LogP contribution is -2.61. The smallest absolute Gasteiger partial charge is 0.306 e. The van der Waals surface area contributed by atoms with Gasteiger partial charge >= 0.3 is 5.97 Å². The van der Waals surface area contributed by atoms with Crippen LogP contribution in [0.25, 0.3) is 0 Å². The SMILES string of the molecule is CC/C=C\C/C=C\C/C=C\C/C=C\C/C=C\CCCC(=O)OC1C(OCC(NC(=O)C(O)CCCCCCCCCCCCCCCC/C=C\C/C=C\CCCCC)C(O)/C=C/CCCCCCCCCCCCC)OC(CO)C(O)C1O. The van der Waals surface area contributed by atoms with E-state index in [1.54, 1.807) is 6.08 Å². The molecule has 0 bridgehead atoms. The van der Waals surface area contributed by atoms with E-state index in [4.69, 9.17) is 14.2 Å². The zero-order valence-corrected chi connectivity index (χ0v) is 53.0. The van der Waals surface area contributed by atoms with E-state index in [0.717, 1.165) is 77.0 Å². The fourth-order valence-corrected chi connectivity index (χ4v) is 10.1. The molecule has 1 aliphatic heterocycles. The van der Waals surface area contributed by atoms with Crippen molar-refractivity contribution >= 4 is 11.9 Å². The molecule has 0 aromatic carbocycles. The fraction of sp³-hybridized carbons (Fsp3) is 0.750. The van der Waals surface area contributed by atoms with Crippen molar-refractivity contribution < 1.29 is 49.3 Å². The molecule has 0 saturated carbocycles. The van der Waals surface area contributed by atoms with Crippen LogP contribution in [0.3, 0.4) is 0 Å². The number of aliphatic hydroxyl groups is 5. The van der Waals surface area contributed by atoms with Crippen molar-refractivity contribution in [2.75, 3.05) is 13.2 Å². The van der Waals surface area contributed by atoms with Gasteiger partial charge in [-0.3, -0.25) is 9.59 Å². The highest BCUT2D eigenvalue weighted by Crippen LogP contribution is 2.26. The van der Waals surface area contributed by atoms with Gasteiger partial charge in [0.1, 0.15) is 24.4 Å². The van der Waals surface area contributed by atoms with Crippen LogP contribution in [0.2, 0.25) is 0 Å². The molecular formula is C72H125NO10. The highest BCUT2D eigenvalue weighted by molar-refractivity contribution is 5.80. The summed E-state index contributed by atoms with van der Waals surface area (Å²) in [6, 6.07) is -1.04. The molecule has 1 saturated heterocycles. The first-order valence-corrected chi connectivity index (χ1v) is 34.0. The third-order valence-electron chi connectivity index (χ3n) is 15.5. The predicted octanol–water partition coefficient (Wildman–Crippen LogP) is 17.1. The predicted molar refractivity (Wildman–Crippen MR) is 347 cm³/mol. The highest BCUT2D eigenvalue weighted by Gasteiger charge is 2.47. The average molecular weight is 1160 g/mol. The Kier molecular flexibility index (Phi) is 55.1. The first-order chi connectivity index (χ1) is 40.7. The Balaban J connectivity index is 2.64. The number of esters is 1. The number of rotatable bonds is 57. The monoisotopic (exact) mass is 1160 g/mol. The topological polar surface area (TPSA) is 175 Å². The molecule has 11 nitrogen and oxygen atoms in total. The van der Waals surface area contributed by atoms with Crippen molar-refractivity contribution in [1.29, 1.82) is 0 Å². The molecule has 8 atom stereocenters. The number of unbranched alkanes of at least 4 members (excludes halogenated alkanes) is 29. The van der Waals surface area contributed by atoms with Crippen molar-refractivity contribution in [2.24, 2.45) is 0 Å². The number of allylic oxidation sites excluding steroid dienone is 15. The Hall–Kier alpha value is -3.42. The Labute approximate surface area is 507 Å². The van der Waals surface area contributed by atoms with Crippen LogP contribution in [0.5, 0.6) is 0 Å². The van der Waals surface area contributed by atoms with Crippen LogP contribution < -0.4 is 5.32 Å². The quantitative estimate of drug-likeness (QED) is 0.0195. The maximum absolute atomic E-state index is 13.5. The zero-order valence-electron chi connectivity index (χ0n) is 53.0. The summed E-state index contributed by atoms with van der Waals surface area (Å²) < 4.78 is 17.6. The number of carbonyl (C=O) groups is 2. The van der Waals surface area contributed by atoms with Crippen molar-refractivity contribution in [3.63, 3.8) is 0 Å². The first-order valence-electron chi connectivity index (χ1n) is 34.0. The van der Waals surface area contributed by atoms with Crippen LogP contribution in [0.1, 0.15) is 284 Å². The lowest BCUT2D eigenvalue weighted by molar-refractivity contribution is -0.305. The summed E-state index contributed by atoms with van der Waals surface area (Å²) in [4.78, 5) is 26.6. The molecule has 0 spiro atoms. The van der Waals surface area contributed by atoms with Crippen molar-refractivity contribution in [2.45, 2.75) is 333 Å². The maximum atomic E-state index is 13.5. The molecule has 1 rings (SSSR count). The van der Waals surface area contributed by atoms with E-state index in [9.17, 15) is 35.1 Å². The summed E-state index contributed by atoms with van der Waals surface area (Å²) in [5, 5.41) is 57.1. The van der Waals surface area contributed by atoms with E-state index in [0.29, 0.717) is 19.3 Å². The van der Waals surface area contributed by atoms with Gasteiger partial charge in [0.25, 0.3) is 0 Å². The molecule has 0 radical (unpaired) electrons. The van der Waals surface area contributed by atoms with Crippen LogP contribution in [0.4, 0.5) is 0 Å². The van der Waals surface area contributed by atoms with Crippen LogP contribution in [0, 0.1) is 0 Å². The van der Waals surface area contributed by atoms with Gasteiger partial charge in [-0.1, -0.05) is 279 Å². The van der Waals surface area contributed by atoms with E-state index in [1.165, 1.54) is 154 Å². The number of hydrogen-bond acceptors (Lipinski definition) is 10. The van der Waals surface area contributed by atoms with Gasteiger partial charge < -0.3 is 45.1 Å². The lowest BCUT2D eigenvalue weighted by atomic mass is 9.99. The molecular weight excluding hydrogens is 1040 g/mol. The molecule has 6 N–H and O–H groups in total. The number of amides is 1. The van der Waals surface area contributed by atoms with Gasteiger partial charge in [-0.05, 0) is 96.3 Å². The van der Waals surface area contributed by atoms with Crippen LogP contribution in [0.15, 0.2) is 97.2 Å². The lowest BCUT2D eigenvalue weighted by Gasteiger charge is -2.41. The Bertz CT molecular complexity index is 1720. The number of nitrogens with one attached hydrogen (secondary N) is 1. The Morgan fingerprint density at radius 2 is 0.867 bits per heavy atom. The third-order valence-corrected chi connectivity index (χ3v) is 15.5. The number of aliphatic hydroxyl groups excluding tert-OH is 5. The largest absolute Gasteiger partial charge is 0.454 e. The fourth-order valence-electron chi connectivity index (χ4n) is 10.1. The summed E-state index contributed by atoms with van der Waals surface area (Å²) >= 11 is 0. The molecule has 0 aliphatic carbocycles. The Morgan fingerprint density at radius 1 is 0.482 bits per heavy atom. The van der Waals surface area contributed by atoms with Crippen molar-refractivity contribution in [3.05, 3.63) is 97.2 Å². The molecule has 8 unspecified atom stereocenters. The minimum Gasteiger partial charge on any atom is -0.454 e. The molecule has 1 fully saturated rings. The normalized spacial score (nSPS) is 19.2. The second-order valence-corrected chi connectivity index (χ2v) is 23.2. The van der Waals surface area contributed by atoms with Crippen molar-refractivity contribution in [1.82, 2.24) is 5.32 Å². The van der Waals surface area contributed by atoms with E-state index < -0.39 is 67.4 Å². The summed E-state index contributed by atoms with van der Waals surface area (Å²) in [5.74, 6) is -1.26. The molecule has 478 valence electrons. The maximum Gasteiger partial charge on any atom is 0.306 e. The minimum absolute atomic E-state index is 0.0420. The summed E-state index contributed by atoms with van der Waals surface area (Å²) in [6.45, 7) is 5.64. The van der Waals surface area contributed by atoms with E-state index in [1.807, 2.05) is 18.2 Å². The second-order valence-electron chi connectivity index (χ2n) is 23.2. The number of hydrogen-bond donors (Lipinski definition) is 6. The zero-order chi connectivity index (χ0) is 60.3. The number of carbonyl (C=O) groups excluding carboxylic acids is 2. The van der Waals surface area contributed by atoms with E-state index in [2.05, 4.69) is 99.0 Å². The summed E-state index contributed by atoms with van der Waals surface area (Å²) in [6.07, 6.45) is 68.8. The van der Waals surface area contributed by atoms with Crippen molar-refractivity contribution in [3.8, 4) is 0 Å². The van der Waals surface area contributed by atoms with E-state index >= 15 is 0 Å². The van der Waals surface area contributed by atoms with Gasteiger partial charge in [-0.2, -0.15) is 0 Å². The molecule has 83 heavy (non-hydrogen) atoms. The molecule has 1 aliphatic rings.